The van der Waals surface area contributed by atoms with Gasteiger partial charge in [0, 0.05) is 27.8 Å². The van der Waals surface area contributed by atoms with E-state index in [1.165, 1.54) is 0 Å². The quantitative estimate of drug-likeness (QED) is 0.553. The van der Waals surface area contributed by atoms with Gasteiger partial charge in [0.05, 0.1) is 5.92 Å². The van der Waals surface area contributed by atoms with E-state index in [1.807, 2.05) is 30.3 Å². The molecular formula is C21H20ClNO4. The summed E-state index contributed by atoms with van der Waals surface area (Å²) in [6.45, 7) is 0. The van der Waals surface area contributed by atoms with E-state index in [0.29, 0.717) is 29.2 Å². The molecule has 0 saturated heterocycles. The molecule has 6 heteroatoms. The van der Waals surface area contributed by atoms with Gasteiger partial charge in [-0.25, -0.2) is 0 Å². The molecule has 5 nitrogen and oxygen atoms in total. The number of rotatable bonds is 3. The Hall–Kier alpha value is -2.40. The predicted molar refractivity (Wildman–Crippen MR) is 102 cm³/mol. The number of hydrogen-bond acceptors (Lipinski definition) is 4. The monoisotopic (exact) mass is 385 g/mol. The summed E-state index contributed by atoms with van der Waals surface area (Å²) in [5.74, 6) is -0.227. The number of nitrogens with zero attached hydrogens (tertiary/aromatic N) is 1. The van der Waals surface area contributed by atoms with Crippen LogP contribution in [0.15, 0.2) is 48.5 Å². The summed E-state index contributed by atoms with van der Waals surface area (Å²) in [5.41, 5.74) is 1.42. The van der Waals surface area contributed by atoms with Crippen LogP contribution in [0.2, 0.25) is 5.02 Å². The molecular weight excluding hydrogens is 366 g/mol. The molecule has 4 atom stereocenters. The second-order valence-electron chi connectivity index (χ2n) is 7.25. The maximum absolute atomic E-state index is 12.7. The number of fused-ring (bicyclic) bond motifs is 1. The van der Waals surface area contributed by atoms with Crippen molar-refractivity contribution in [1.29, 1.82) is 0 Å². The average Bonchev–Trinajstić information content (AvgIpc) is 2.67. The van der Waals surface area contributed by atoms with E-state index < -0.39 is 18.1 Å². The molecule has 0 N–H and O–H groups in total. The highest BCUT2D eigenvalue weighted by Crippen LogP contribution is 2.49. The lowest BCUT2D eigenvalue weighted by atomic mass is 9.69. The van der Waals surface area contributed by atoms with Crippen LogP contribution in [0, 0.1) is 16.0 Å². The first-order chi connectivity index (χ1) is 13.1. The first-order valence-electron chi connectivity index (χ1n) is 9.23. The summed E-state index contributed by atoms with van der Waals surface area (Å²) in [6.07, 6.45) is 2.17. The van der Waals surface area contributed by atoms with E-state index in [1.54, 1.807) is 18.2 Å². The van der Waals surface area contributed by atoms with Crippen LogP contribution in [-0.4, -0.2) is 16.7 Å². The van der Waals surface area contributed by atoms with Crippen molar-refractivity contribution in [1.82, 2.24) is 0 Å². The van der Waals surface area contributed by atoms with Crippen LogP contribution in [0.5, 0.6) is 5.75 Å². The largest absolute Gasteiger partial charge is 0.478 e. The zero-order valence-electron chi connectivity index (χ0n) is 14.7. The second kappa shape index (κ2) is 7.31. The molecule has 27 heavy (non-hydrogen) atoms. The first kappa shape index (κ1) is 18.0. The maximum Gasteiger partial charge on any atom is 0.261 e. The van der Waals surface area contributed by atoms with Crippen molar-refractivity contribution in [2.24, 2.45) is 5.92 Å². The van der Waals surface area contributed by atoms with Gasteiger partial charge in [0.2, 0.25) is 0 Å². The molecule has 1 heterocycles. The van der Waals surface area contributed by atoms with Crippen molar-refractivity contribution in [2.75, 3.05) is 0 Å². The highest BCUT2D eigenvalue weighted by Gasteiger charge is 2.52. The highest BCUT2D eigenvalue weighted by atomic mass is 35.5. The molecule has 2 aliphatic rings. The van der Waals surface area contributed by atoms with Gasteiger partial charge < -0.3 is 4.74 Å². The summed E-state index contributed by atoms with van der Waals surface area (Å²) in [7, 11) is 0. The Balaban J connectivity index is 1.87. The molecule has 0 spiro atoms. The number of halogens is 1. The number of benzene rings is 2. The lowest BCUT2D eigenvalue weighted by Crippen LogP contribution is -2.45. The van der Waals surface area contributed by atoms with Gasteiger partial charge in [-0.1, -0.05) is 48.4 Å². The number of carbonyl (C=O) groups excluding carboxylic acids is 1. The predicted octanol–water partition coefficient (Wildman–Crippen LogP) is 4.96. The van der Waals surface area contributed by atoms with Gasteiger partial charge in [-0.05, 0) is 36.6 Å². The lowest BCUT2D eigenvalue weighted by molar-refractivity contribution is -0.541. The van der Waals surface area contributed by atoms with Crippen LogP contribution in [-0.2, 0) is 4.79 Å². The molecule has 0 bridgehead atoms. The van der Waals surface area contributed by atoms with Crippen LogP contribution in [0.25, 0.3) is 0 Å². The molecule has 0 aromatic heterocycles. The van der Waals surface area contributed by atoms with E-state index in [2.05, 4.69) is 0 Å². The number of hydrogen-bond donors (Lipinski definition) is 0. The Morgan fingerprint density at radius 1 is 1.11 bits per heavy atom. The molecule has 4 rings (SSSR count). The third-order valence-corrected chi connectivity index (χ3v) is 5.91. The molecule has 0 unspecified atom stereocenters. The third-order valence-electron chi connectivity index (χ3n) is 5.67. The van der Waals surface area contributed by atoms with Gasteiger partial charge in [0.1, 0.15) is 11.5 Å². The minimum absolute atomic E-state index is 0.109. The molecule has 1 saturated carbocycles. The zero-order valence-corrected chi connectivity index (χ0v) is 15.5. The topological polar surface area (TPSA) is 69.4 Å². The standard InChI is InChI=1S/C21H20ClNO4/c22-14-10-11-18-16(12-14)19(15-8-4-5-9-17(15)24)20(23(25)26)21(27-18)13-6-2-1-3-7-13/h1-3,6-7,10-12,15,19-21H,4-5,8-9H2/t15-,19-,20+,21+/m0/s1. The maximum atomic E-state index is 12.7. The Kier molecular flexibility index (Phi) is 4.87. The van der Waals surface area contributed by atoms with Crippen LogP contribution in [0.3, 0.4) is 0 Å². The van der Waals surface area contributed by atoms with E-state index in [-0.39, 0.29) is 16.6 Å². The third kappa shape index (κ3) is 3.32. The minimum atomic E-state index is -1.04. The van der Waals surface area contributed by atoms with Crippen molar-refractivity contribution < 1.29 is 14.5 Å². The minimum Gasteiger partial charge on any atom is -0.478 e. The average molecular weight is 386 g/mol. The van der Waals surface area contributed by atoms with Gasteiger partial charge >= 0.3 is 0 Å². The second-order valence-corrected chi connectivity index (χ2v) is 7.69. The van der Waals surface area contributed by atoms with Crippen molar-refractivity contribution in [3.8, 4) is 5.75 Å². The van der Waals surface area contributed by atoms with Crippen molar-refractivity contribution in [3.63, 3.8) is 0 Å². The zero-order chi connectivity index (χ0) is 19.0. The van der Waals surface area contributed by atoms with E-state index in [4.69, 9.17) is 16.3 Å². The fourth-order valence-corrected chi connectivity index (χ4v) is 4.64. The van der Waals surface area contributed by atoms with Gasteiger partial charge in [0.15, 0.2) is 6.10 Å². The van der Waals surface area contributed by atoms with Crippen LogP contribution < -0.4 is 4.74 Å². The smallest absolute Gasteiger partial charge is 0.261 e. The number of Topliss-reactive ketones (excluding diaryl/α,β-unsaturated/α-hetero) is 1. The van der Waals surface area contributed by atoms with E-state index in [0.717, 1.165) is 18.4 Å². The molecule has 0 amide bonds. The number of carbonyl (C=O) groups is 1. The van der Waals surface area contributed by atoms with Gasteiger partial charge in [-0.15, -0.1) is 0 Å². The summed E-state index contributed by atoms with van der Waals surface area (Å²) < 4.78 is 6.09. The molecule has 0 radical (unpaired) electrons. The fourth-order valence-electron chi connectivity index (χ4n) is 4.46. The van der Waals surface area contributed by atoms with Crippen LogP contribution in [0.4, 0.5) is 0 Å². The lowest BCUT2D eigenvalue weighted by Gasteiger charge is -2.39. The summed E-state index contributed by atoms with van der Waals surface area (Å²) in [4.78, 5) is 24.6. The summed E-state index contributed by atoms with van der Waals surface area (Å²) >= 11 is 6.19. The first-order valence-corrected chi connectivity index (χ1v) is 9.61. The van der Waals surface area contributed by atoms with Crippen molar-refractivity contribution in [2.45, 2.75) is 43.7 Å². The number of ketones is 1. The Labute approximate surface area is 162 Å². The Morgan fingerprint density at radius 3 is 2.59 bits per heavy atom. The molecule has 2 aromatic carbocycles. The van der Waals surface area contributed by atoms with Crippen molar-refractivity contribution in [3.05, 3.63) is 74.8 Å². The van der Waals surface area contributed by atoms with E-state index >= 15 is 0 Å². The molecule has 1 aliphatic heterocycles. The van der Waals surface area contributed by atoms with Crippen LogP contribution >= 0.6 is 11.6 Å². The van der Waals surface area contributed by atoms with Gasteiger partial charge in [0.25, 0.3) is 6.04 Å². The molecule has 2 aromatic rings. The normalized spacial score (nSPS) is 27.5. The van der Waals surface area contributed by atoms with Gasteiger partial charge in [-0.3, -0.25) is 14.9 Å². The molecule has 1 fully saturated rings. The fraction of sp³-hybridized carbons (Fsp3) is 0.381. The highest BCUT2D eigenvalue weighted by molar-refractivity contribution is 6.30. The SMILES string of the molecule is O=C1CCCC[C@@H]1[C@H]1c2cc(Cl)ccc2O[C@H](c2ccccc2)[C@@H]1[N+](=O)[O-]. The Morgan fingerprint density at radius 2 is 1.89 bits per heavy atom. The summed E-state index contributed by atoms with van der Waals surface area (Å²) in [5, 5.41) is 12.7. The van der Waals surface area contributed by atoms with Gasteiger partial charge in [-0.2, -0.15) is 0 Å². The Bertz CT molecular complexity index is 870. The van der Waals surface area contributed by atoms with Crippen molar-refractivity contribution >= 4 is 17.4 Å². The number of ether oxygens (including phenoxy) is 1. The summed E-state index contributed by atoms with van der Waals surface area (Å²) in [6, 6.07) is 13.4. The molecule has 1 aliphatic carbocycles. The number of nitro groups is 1. The van der Waals surface area contributed by atoms with E-state index in [9.17, 15) is 14.9 Å². The van der Waals surface area contributed by atoms with Crippen LogP contribution in [0.1, 0.15) is 48.8 Å². The molecule has 140 valence electrons.